The van der Waals surface area contributed by atoms with Crippen LogP contribution in [0.3, 0.4) is 0 Å². The smallest absolute Gasteiger partial charge is 0.291 e. The lowest BCUT2D eigenvalue weighted by Crippen LogP contribution is -2.16. The fraction of sp³-hybridized carbons (Fsp3) is 0.111. The van der Waals surface area contributed by atoms with Gasteiger partial charge in [-0.1, -0.05) is 30.3 Å². The van der Waals surface area contributed by atoms with E-state index in [0.717, 1.165) is 10.4 Å². The molecule has 6 heteroatoms. The molecule has 3 aromatic rings. The third-order valence-electron chi connectivity index (χ3n) is 3.46. The second kappa shape index (κ2) is 6.72. The second-order valence-corrected chi connectivity index (χ2v) is 6.48. The van der Waals surface area contributed by atoms with Crippen LogP contribution in [0.5, 0.6) is 0 Å². The summed E-state index contributed by atoms with van der Waals surface area (Å²) in [6, 6.07) is 14.9. The van der Waals surface area contributed by atoms with Crippen LogP contribution in [0.4, 0.5) is 5.00 Å². The highest BCUT2D eigenvalue weighted by molar-refractivity contribution is 7.16. The van der Waals surface area contributed by atoms with Gasteiger partial charge in [-0.2, -0.15) is 0 Å². The number of amides is 2. The maximum Gasteiger partial charge on any atom is 0.291 e. The van der Waals surface area contributed by atoms with Gasteiger partial charge in [0, 0.05) is 11.3 Å². The Labute approximate surface area is 143 Å². The number of hydrogen-bond acceptors (Lipinski definition) is 4. The number of benzene rings is 1. The maximum absolute atomic E-state index is 12.2. The molecule has 0 saturated heterocycles. The molecular weight excluding hydrogens is 324 g/mol. The number of thiophene rings is 1. The van der Waals surface area contributed by atoms with Crippen molar-refractivity contribution >= 4 is 28.2 Å². The molecule has 3 rings (SSSR count). The highest BCUT2D eigenvalue weighted by Gasteiger charge is 2.18. The average molecular weight is 340 g/mol. The molecule has 0 radical (unpaired) electrons. The van der Waals surface area contributed by atoms with Gasteiger partial charge < -0.3 is 15.5 Å². The van der Waals surface area contributed by atoms with Crippen LogP contribution in [-0.4, -0.2) is 11.8 Å². The van der Waals surface area contributed by atoms with Crippen LogP contribution in [-0.2, 0) is 6.42 Å². The first kappa shape index (κ1) is 16.0. The molecule has 24 heavy (non-hydrogen) atoms. The molecule has 0 fully saturated rings. The number of nitrogens with two attached hydrogens (primary N) is 1. The summed E-state index contributed by atoms with van der Waals surface area (Å²) in [7, 11) is 0. The summed E-state index contributed by atoms with van der Waals surface area (Å²) in [6.07, 6.45) is 0.668. The van der Waals surface area contributed by atoms with E-state index < -0.39 is 11.8 Å². The van der Waals surface area contributed by atoms with Crippen molar-refractivity contribution in [3.63, 3.8) is 0 Å². The minimum absolute atomic E-state index is 0.195. The van der Waals surface area contributed by atoms with Gasteiger partial charge in [0.15, 0.2) is 5.76 Å². The Morgan fingerprint density at radius 3 is 2.54 bits per heavy atom. The quantitative estimate of drug-likeness (QED) is 0.744. The number of anilines is 1. The van der Waals surface area contributed by atoms with Crippen molar-refractivity contribution < 1.29 is 14.0 Å². The molecule has 122 valence electrons. The van der Waals surface area contributed by atoms with Gasteiger partial charge in [0.2, 0.25) is 0 Å². The lowest BCUT2D eigenvalue weighted by Gasteiger charge is -2.02. The Bertz CT molecular complexity index is 881. The van der Waals surface area contributed by atoms with Crippen molar-refractivity contribution in [3.8, 4) is 0 Å². The number of hydrogen-bond donors (Lipinski definition) is 2. The Morgan fingerprint density at radius 1 is 1.17 bits per heavy atom. The number of furan rings is 1. The molecule has 0 aliphatic rings. The zero-order chi connectivity index (χ0) is 17.1. The van der Waals surface area contributed by atoms with Crippen molar-refractivity contribution in [2.45, 2.75) is 13.3 Å². The van der Waals surface area contributed by atoms with Crippen LogP contribution in [0.25, 0.3) is 0 Å². The molecule has 0 bridgehead atoms. The lowest BCUT2D eigenvalue weighted by atomic mass is 10.1. The molecule has 0 unspecified atom stereocenters. The van der Waals surface area contributed by atoms with Gasteiger partial charge in [0.1, 0.15) is 10.8 Å². The second-order valence-electron chi connectivity index (χ2n) is 5.35. The maximum atomic E-state index is 12.2. The molecule has 2 heterocycles. The molecule has 0 aliphatic heterocycles. The first-order valence-electron chi connectivity index (χ1n) is 7.37. The molecule has 0 aliphatic carbocycles. The zero-order valence-electron chi connectivity index (χ0n) is 13.0. The minimum Gasteiger partial charge on any atom is -0.456 e. The van der Waals surface area contributed by atoms with E-state index in [1.165, 1.54) is 11.3 Å². The highest BCUT2D eigenvalue weighted by Crippen LogP contribution is 2.30. The summed E-state index contributed by atoms with van der Waals surface area (Å²) in [5, 5.41) is 3.15. The van der Waals surface area contributed by atoms with Gasteiger partial charge >= 0.3 is 0 Å². The number of aryl methyl sites for hydroxylation is 1. The molecule has 5 nitrogen and oxygen atoms in total. The van der Waals surface area contributed by atoms with Gasteiger partial charge in [0.05, 0.1) is 5.56 Å². The molecule has 2 aromatic heterocycles. The number of carbonyl (C=O) groups excluding carboxylic acids is 2. The number of carbonyl (C=O) groups is 2. The predicted molar refractivity (Wildman–Crippen MR) is 93.5 cm³/mol. The van der Waals surface area contributed by atoms with Crippen LogP contribution in [0.15, 0.2) is 52.9 Å². The van der Waals surface area contributed by atoms with Crippen LogP contribution in [0, 0.1) is 6.92 Å². The third kappa shape index (κ3) is 3.55. The van der Waals surface area contributed by atoms with E-state index >= 15 is 0 Å². The summed E-state index contributed by atoms with van der Waals surface area (Å²) < 4.78 is 5.30. The van der Waals surface area contributed by atoms with Crippen molar-refractivity contribution in [2.24, 2.45) is 5.73 Å². The standard InChI is InChI=1S/C18H16N2O3S/c1-11-7-8-15(23-11)17(22)20-18-14(16(19)21)10-13(24-18)9-12-5-3-2-4-6-12/h2-8,10H,9H2,1H3,(H2,19,21)(H,20,22). The van der Waals surface area contributed by atoms with Gasteiger partial charge in [-0.15, -0.1) is 11.3 Å². The summed E-state index contributed by atoms with van der Waals surface area (Å²) in [5.41, 5.74) is 6.86. The summed E-state index contributed by atoms with van der Waals surface area (Å²) in [4.78, 5) is 24.8. The fourth-order valence-corrected chi connectivity index (χ4v) is 3.41. The molecular formula is C18H16N2O3S. The van der Waals surface area contributed by atoms with Crippen LogP contribution in [0.2, 0.25) is 0 Å². The molecule has 3 N–H and O–H groups in total. The first-order valence-corrected chi connectivity index (χ1v) is 8.19. The van der Waals surface area contributed by atoms with E-state index in [0.29, 0.717) is 22.7 Å². The Hall–Kier alpha value is -2.86. The summed E-state index contributed by atoms with van der Waals surface area (Å²) >= 11 is 1.34. The van der Waals surface area contributed by atoms with E-state index in [1.807, 2.05) is 30.3 Å². The summed E-state index contributed by atoms with van der Waals surface area (Å²) in [6.45, 7) is 1.76. The van der Waals surface area contributed by atoms with Gasteiger partial charge in [-0.05, 0) is 30.7 Å². The predicted octanol–water partition coefficient (Wildman–Crippen LogP) is 3.59. The van der Waals surface area contributed by atoms with Gasteiger partial charge in [-0.3, -0.25) is 9.59 Å². The largest absolute Gasteiger partial charge is 0.456 e. The SMILES string of the molecule is Cc1ccc(C(=O)Nc2sc(Cc3ccccc3)cc2C(N)=O)o1. The fourth-order valence-electron chi connectivity index (χ4n) is 2.32. The third-order valence-corrected chi connectivity index (χ3v) is 4.51. The first-order chi connectivity index (χ1) is 11.5. The van der Waals surface area contributed by atoms with Crippen molar-refractivity contribution in [2.75, 3.05) is 5.32 Å². The Morgan fingerprint density at radius 2 is 1.92 bits per heavy atom. The van der Waals surface area contributed by atoms with Gasteiger partial charge in [0.25, 0.3) is 11.8 Å². The van der Waals surface area contributed by atoms with E-state index in [1.54, 1.807) is 25.1 Å². The molecule has 1 aromatic carbocycles. The van der Waals surface area contributed by atoms with Crippen molar-refractivity contribution in [1.29, 1.82) is 0 Å². The van der Waals surface area contributed by atoms with Crippen molar-refractivity contribution in [3.05, 3.63) is 76.1 Å². The topological polar surface area (TPSA) is 85.3 Å². The Balaban J connectivity index is 1.84. The highest BCUT2D eigenvalue weighted by atomic mass is 32.1. The summed E-state index contributed by atoms with van der Waals surface area (Å²) in [5.74, 6) is -0.137. The van der Waals surface area contributed by atoms with Gasteiger partial charge in [-0.25, -0.2) is 0 Å². The molecule has 2 amide bonds. The van der Waals surface area contributed by atoms with E-state index in [-0.39, 0.29) is 5.76 Å². The van der Waals surface area contributed by atoms with E-state index in [2.05, 4.69) is 5.32 Å². The normalized spacial score (nSPS) is 10.5. The Kier molecular flexibility index (Phi) is 4.48. The van der Waals surface area contributed by atoms with Crippen LogP contribution < -0.4 is 11.1 Å². The van der Waals surface area contributed by atoms with E-state index in [9.17, 15) is 9.59 Å². The minimum atomic E-state index is -0.573. The number of nitrogens with one attached hydrogen (secondary N) is 1. The monoisotopic (exact) mass is 340 g/mol. The van der Waals surface area contributed by atoms with Crippen molar-refractivity contribution in [1.82, 2.24) is 0 Å². The molecule has 0 spiro atoms. The zero-order valence-corrected chi connectivity index (χ0v) is 13.9. The number of rotatable bonds is 5. The molecule has 0 saturated carbocycles. The van der Waals surface area contributed by atoms with E-state index in [4.69, 9.17) is 10.2 Å². The average Bonchev–Trinajstić information content (AvgIpc) is 3.15. The van der Waals surface area contributed by atoms with Crippen LogP contribution >= 0.6 is 11.3 Å². The number of primary amides is 1. The lowest BCUT2D eigenvalue weighted by molar-refractivity contribution is 0.0996. The van der Waals surface area contributed by atoms with Crippen LogP contribution in [0.1, 0.15) is 37.1 Å². The molecule has 0 atom stereocenters.